The Bertz CT molecular complexity index is 1400. The lowest BCUT2D eigenvalue weighted by molar-refractivity contribution is -0.124. The highest BCUT2D eigenvalue weighted by atomic mass is 16.5. The monoisotopic (exact) mass is 505 g/mol. The number of urea groups is 1. The number of nitrogens with one attached hydrogen (secondary N) is 2. The Morgan fingerprint density at radius 2 is 1.97 bits per heavy atom. The van der Waals surface area contributed by atoms with Gasteiger partial charge in [-0.25, -0.2) is 9.78 Å². The predicted molar refractivity (Wildman–Crippen MR) is 128 cm³/mol. The summed E-state index contributed by atoms with van der Waals surface area (Å²) in [6.07, 6.45) is -0.817. The first-order chi connectivity index (χ1) is 17.7. The standard InChI is InChI=1S/C25H23N5O7/c1-36-15-4-3-14-12-29(21(32)16(14)11-15)13-25(23(34)27-24(35)28-25)9-7-17-19(37-2)5-6-20(26-17)30-10-8-18(31)22(30)33/h3-6,11,18,31H,8,10,12-13H2,1-2H3,(H2,27,28,34,35). The summed E-state index contributed by atoms with van der Waals surface area (Å²) in [6, 6.07) is 7.53. The van der Waals surface area contributed by atoms with Gasteiger partial charge in [0.05, 0.1) is 20.8 Å². The molecule has 5 amide bonds. The molecule has 12 heteroatoms. The van der Waals surface area contributed by atoms with Gasteiger partial charge in [0.15, 0.2) is 11.4 Å². The Balaban J connectivity index is 1.48. The highest BCUT2D eigenvalue weighted by Gasteiger charge is 2.48. The minimum absolute atomic E-state index is 0.114. The van der Waals surface area contributed by atoms with E-state index in [1.165, 1.54) is 24.0 Å². The third-order valence-electron chi connectivity index (χ3n) is 6.48. The molecule has 2 saturated heterocycles. The number of rotatable bonds is 5. The van der Waals surface area contributed by atoms with Gasteiger partial charge in [-0.05, 0) is 35.7 Å². The molecule has 2 atom stereocenters. The summed E-state index contributed by atoms with van der Waals surface area (Å²) in [5, 5.41) is 14.5. The van der Waals surface area contributed by atoms with E-state index < -0.39 is 29.5 Å². The topological polar surface area (TPSA) is 150 Å². The second-order valence-corrected chi connectivity index (χ2v) is 8.76. The predicted octanol–water partition coefficient (Wildman–Crippen LogP) is -0.218. The van der Waals surface area contributed by atoms with Crippen LogP contribution in [0.4, 0.5) is 10.6 Å². The largest absolute Gasteiger partial charge is 0.497 e. The van der Waals surface area contributed by atoms with E-state index in [9.17, 15) is 24.3 Å². The number of imide groups is 1. The molecule has 5 rings (SSSR count). The molecule has 2 fully saturated rings. The molecule has 3 N–H and O–H groups in total. The van der Waals surface area contributed by atoms with Gasteiger partial charge in [-0.1, -0.05) is 12.0 Å². The van der Waals surface area contributed by atoms with E-state index in [4.69, 9.17) is 9.47 Å². The summed E-state index contributed by atoms with van der Waals surface area (Å²) in [6.45, 7) is 0.296. The summed E-state index contributed by atoms with van der Waals surface area (Å²) in [5.74, 6) is 5.15. The minimum atomic E-state index is -1.75. The second kappa shape index (κ2) is 9.11. The first-order valence-electron chi connectivity index (χ1n) is 11.4. The fraction of sp³-hybridized carbons (Fsp3) is 0.320. The second-order valence-electron chi connectivity index (χ2n) is 8.76. The maximum absolute atomic E-state index is 13.1. The molecule has 2 aromatic rings. The van der Waals surface area contributed by atoms with Crippen LogP contribution in [0.3, 0.4) is 0 Å². The van der Waals surface area contributed by atoms with Crippen LogP contribution in [0.5, 0.6) is 11.5 Å². The SMILES string of the molecule is COc1ccc2c(c1)C(=O)N(CC1(C#Cc3nc(N4CCC(O)C4=O)ccc3OC)NC(=O)NC1=O)C2. The van der Waals surface area contributed by atoms with Crippen molar-refractivity contribution in [1.29, 1.82) is 0 Å². The fourth-order valence-electron chi connectivity index (χ4n) is 4.51. The highest BCUT2D eigenvalue weighted by Crippen LogP contribution is 2.29. The van der Waals surface area contributed by atoms with Gasteiger partial charge >= 0.3 is 6.03 Å². The van der Waals surface area contributed by atoms with Crippen molar-refractivity contribution in [3.63, 3.8) is 0 Å². The number of aliphatic hydroxyl groups is 1. The van der Waals surface area contributed by atoms with E-state index in [1.54, 1.807) is 30.3 Å². The van der Waals surface area contributed by atoms with Gasteiger partial charge in [0.1, 0.15) is 17.7 Å². The Labute approximate surface area is 211 Å². The average molecular weight is 505 g/mol. The van der Waals surface area contributed by atoms with Crippen molar-refractivity contribution in [2.75, 3.05) is 32.2 Å². The van der Waals surface area contributed by atoms with Crippen LogP contribution in [0.1, 0.15) is 28.0 Å². The number of pyridine rings is 1. The van der Waals surface area contributed by atoms with E-state index in [0.29, 0.717) is 11.3 Å². The summed E-state index contributed by atoms with van der Waals surface area (Å²) in [5.41, 5.74) is -0.433. The number of anilines is 1. The number of amides is 5. The van der Waals surface area contributed by atoms with E-state index in [1.807, 2.05) is 0 Å². The maximum atomic E-state index is 13.1. The normalized spacial score (nSPS) is 22.4. The number of benzene rings is 1. The number of nitrogens with zero attached hydrogens (tertiary/aromatic N) is 3. The molecule has 12 nitrogen and oxygen atoms in total. The van der Waals surface area contributed by atoms with Crippen LogP contribution in [0, 0.1) is 11.8 Å². The summed E-state index contributed by atoms with van der Waals surface area (Å²) in [4.78, 5) is 57.5. The lowest BCUT2D eigenvalue weighted by Crippen LogP contribution is -2.54. The van der Waals surface area contributed by atoms with E-state index in [0.717, 1.165) is 5.56 Å². The van der Waals surface area contributed by atoms with Crippen molar-refractivity contribution in [2.24, 2.45) is 0 Å². The molecule has 4 heterocycles. The number of aromatic nitrogens is 1. The molecule has 37 heavy (non-hydrogen) atoms. The molecular weight excluding hydrogens is 482 g/mol. The van der Waals surface area contributed by atoms with Crippen molar-refractivity contribution in [3.05, 3.63) is 47.2 Å². The zero-order valence-electron chi connectivity index (χ0n) is 20.0. The van der Waals surface area contributed by atoms with Crippen molar-refractivity contribution >= 4 is 29.6 Å². The summed E-state index contributed by atoms with van der Waals surface area (Å²) < 4.78 is 10.5. The Morgan fingerprint density at radius 3 is 2.62 bits per heavy atom. The molecule has 1 aromatic heterocycles. The molecule has 190 valence electrons. The molecule has 1 aromatic carbocycles. The summed E-state index contributed by atoms with van der Waals surface area (Å²) in [7, 11) is 2.92. The Hall–Kier alpha value is -4.63. The number of fused-ring (bicyclic) bond motifs is 1. The van der Waals surface area contributed by atoms with Crippen LogP contribution in [-0.4, -0.2) is 77.7 Å². The number of hydrogen-bond acceptors (Lipinski definition) is 8. The van der Waals surface area contributed by atoms with Crippen molar-refractivity contribution in [3.8, 4) is 23.3 Å². The van der Waals surface area contributed by atoms with Gasteiger partial charge in [0, 0.05) is 25.1 Å². The first kappa shape index (κ1) is 24.1. The molecule has 0 aliphatic carbocycles. The molecule has 0 radical (unpaired) electrons. The fourth-order valence-corrected chi connectivity index (χ4v) is 4.51. The zero-order valence-corrected chi connectivity index (χ0v) is 20.0. The minimum Gasteiger partial charge on any atom is -0.497 e. The van der Waals surface area contributed by atoms with E-state index in [-0.39, 0.29) is 49.2 Å². The molecule has 0 saturated carbocycles. The van der Waals surface area contributed by atoms with Gasteiger partial charge < -0.3 is 24.8 Å². The molecular formula is C25H23N5O7. The van der Waals surface area contributed by atoms with Crippen LogP contribution in [0.15, 0.2) is 30.3 Å². The average Bonchev–Trinajstić information content (AvgIpc) is 3.49. The van der Waals surface area contributed by atoms with Crippen LogP contribution in [0.25, 0.3) is 0 Å². The van der Waals surface area contributed by atoms with Gasteiger partial charge in [0.2, 0.25) is 5.54 Å². The lowest BCUT2D eigenvalue weighted by Gasteiger charge is -2.26. The number of hydrogen-bond donors (Lipinski definition) is 3. The third kappa shape index (κ3) is 4.19. The van der Waals surface area contributed by atoms with Crippen molar-refractivity contribution in [2.45, 2.75) is 24.6 Å². The van der Waals surface area contributed by atoms with Crippen LogP contribution in [0.2, 0.25) is 0 Å². The number of carbonyl (C=O) groups excluding carboxylic acids is 4. The molecule has 3 aliphatic rings. The molecule has 2 unspecified atom stereocenters. The third-order valence-corrected chi connectivity index (χ3v) is 6.48. The van der Waals surface area contributed by atoms with Crippen molar-refractivity contribution < 1.29 is 33.8 Å². The number of methoxy groups -OCH3 is 2. The van der Waals surface area contributed by atoms with Crippen LogP contribution in [-0.2, 0) is 16.1 Å². The van der Waals surface area contributed by atoms with Crippen molar-refractivity contribution in [1.82, 2.24) is 20.5 Å². The van der Waals surface area contributed by atoms with E-state index in [2.05, 4.69) is 27.5 Å². The Kier molecular flexibility index (Phi) is 5.93. The van der Waals surface area contributed by atoms with Gasteiger partial charge in [-0.3, -0.25) is 24.6 Å². The number of ether oxygens (including phenoxy) is 2. The van der Waals surface area contributed by atoms with Crippen LogP contribution < -0.4 is 25.0 Å². The molecule has 0 bridgehead atoms. The quantitative estimate of drug-likeness (QED) is 0.373. The zero-order chi connectivity index (χ0) is 26.3. The first-order valence-corrected chi connectivity index (χ1v) is 11.4. The smallest absolute Gasteiger partial charge is 0.323 e. The highest BCUT2D eigenvalue weighted by molar-refractivity contribution is 6.10. The van der Waals surface area contributed by atoms with Gasteiger partial charge in [-0.15, -0.1) is 0 Å². The van der Waals surface area contributed by atoms with Crippen LogP contribution >= 0.6 is 0 Å². The summed E-state index contributed by atoms with van der Waals surface area (Å²) >= 11 is 0. The molecule has 0 spiro atoms. The maximum Gasteiger partial charge on any atom is 0.323 e. The number of carbonyl (C=O) groups is 4. The Morgan fingerprint density at radius 1 is 1.16 bits per heavy atom. The van der Waals surface area contributed by atoms with Gasteiger partial charge in [-0.2, -0.15) is 0 Å². The lowest BCUT2D eigenvalue weighted by atomic mass is 9.99. The van der Waals surface area contributed by atoms with Gasteiger partial charge in [0.25, 0.3) is 17.7 Å². The number of aliphatic hydroxyl groups excluding tert-OH is 1. The molecule has 3 aliphatic heterocycles. The van der Waals surface area contributed by atoms with E-state index >= 15 is 0 Å².